The molecule has 0 aliphatic carbocycles. The average Bonchev–Trinajstić information content (AvgIpc) is 1.87. The zero-order valence-electron chi connectivity index (χ0n) is 6.41. The van der Waals surface area contributed by atoms with Gasteiger partial charge in [-0.1, -0.05) is 13.3 Å². The van der Waals surface area contributed by atoms with Crippen molar-refractivity contribution in [1.82, 2.24) is 0 Å². The van der Waals surface area contributed by atoms with Gasteiger partial charge in [0, 0.05) is 6.42 Å². The Morgan fingerprint density at radius 3 is 2.36 bits per heavy atom. The minimum absolute atomic E-state index is 0.275. The van der Waals surface area contributed by atoms with Gasteiger partial charge in [0.2, 0.25) is 5.78 Å². The normalized spacial score (nSPS) is 12.5. The van der Waals surface area contributed by atoms with Gasteiger partial charge in [0.25, 0.3) is 0 Å². The maximum Gasteiger partial charge on any atom is 0.372 e. The highest BCUT2D eigenvalue weighted by Crippen LogP contribution is 2.01. The van der Waals surface area contributed by atoms with Crippen LogP contribution in [-0.4, -0.2) is 28.1 Å². The van der Waals surface area contributed by atoms with Crippen LogP contribution in [0.1, 0.15) is 26.2 Å². The first-order valence-corrected chi connectivity index (χ1v) is 3.52. The fraction of sp³-hybridized carbons (Fsp3) is 0.714. The lowest BCUT2D eigenvalue weighted by atomic mass is 10.1. The Morgan fingerprint density at radius 1 is 1.45 bits per heavy atom. The molecule has 4 heteroatoms. The molecule has 0 fully saturated rings. The predicted molar refractivity (Wildman–Crippen MR) is 38.2 cm³/mol. The molecule has 1 unspecified atom stereocenters. The maximum atomic E-state index is 10.5. The number of hydrogen-bond donors (Lipinski definition) is 2. The van der Waals surface area contributed by atoms with E-state index in [1.807, 2.05) is 6.92 Å². The number of aliphatic hydroxyl groups excluding tert-OH is 1. The minimum Gasteiger partial charge on any atom is -0.475 e. The third-order valence-corrected chi connectivity index (χ3v) is 1.28. The van der Waals surface area contributed by atoms with Gasteiger partial charge in [-0.05, 0) is 6.42 Å². The lowest BCUT2D eigenvalue weighted by Gasteiger charge is -2.04. The Balaban J connectivity index is 3.66. The molecule has 64 valence electrons. The monoisotopic (exact) mass is 160 g/mol. The molecule has 1 atom stereocenters. The number of aliphatic hydroxyl groups is 1. The summed E-state index contributed by atoms with van der Waals surface area (Å²) in [6.45, 7) is 1.86. The summed E-state index contributed by atoms with van der Waals surface area (Å²) >= 11 is 0. The summed E-state index contributed by atoms with van der Waals surface area (Å²) in [5.41, 5.74) is 0. The van der Waals surface area contributed by atoms with Crippen molar-refractivity contribution in [2.45, 2.75) is 32.3 Å². The highest BCUT2D eigenvalue weighted by molar-refractivity contribution is 6.32. The van der Waals surface area contributed by atoms with Crippen LogP contribution in [0.3, 0.4) is 0 Å². The molecular formula is C7H12O4. The van der Waals surface area contributed by atoms with Crippen LogP contribution in [0.5, 0.6) is 0 Å². The van der Waals surface area contributed by atoms with Crippen LogP contribution >= 0.6 is 0 Å². The van der Waals surface area contributed by atoms with Crippen molar-refractivity contribution in [3.8, 4) is 0 Å². The first-order valence-electron chi connectivity index (χ1n) is 3.52. The molecule has 0 saturated heterocycles. The van der Waals surface area contributed by atoms with Crippen molar-refractivity contribution in [2.75, 3.05) is 0 Å². The number of carboxylic acid groups (broad SMARTS) is 1. The summed E-state index contributed by atoms with van der Waals surface area (Å²) in [4.78, 5) is 20.4. The summed E-state index contributed by atoms with van der Waals surface area (Å²) < 4.78 is 0. The van der Waals surface area contributed by atoms with Crippen LogP contribution in [0.4, 0.5) is 0 Å². The van der Waals surface area contributed by atoms with Crippen molar-refractivity contribution in [3.63, 3.8) is 0 Å². The van der Waals surface area contributed by atoms with Gasteiger partial charge in [-0.3, -0.25) is 4.79 Å². The summed E-state index contributed by atoms with van der Waals surface area (Å²) in [7, 11) is 0. The van der Waals surface area contributed by atoms with Gasteiger partial charge in [-0.25, -0.2) is 4.79 Å². The number of ketones is 1. The van der Waals surface area contributed by atoms with E-state index in [0.717, 1.165) is 6.42 Å². The molecule has 0 aromatic heterocycles. The first-order chi connectivity index (χ1) is 5.07. The zero-order valence-corrected chi connectivity index (χ0v) is 6.41. The Hall–Kier alpha value is -0.900. The molecule has 4 nitrogen and oxygen atoms in total. The number of Topliss-reactive ketones (excluding diaryl/α,β-unsaturated/α-hetero) is 1. The van der Waals surface area contributed by atoms with Gasteiger partial charge in [0.1, 0.15) is 0 Å². The molecule has 0 radical (unpaired) electrons. The minimum atomic E-state index is -1.47. The SMILES string of the molecule is CCCC(O)CC(=O)C(=O)O. The van der Waals surface area contributed by atoms with Gasteiger partial charge < -0.3 is 10.2 Å². The fourth-order valence-corrected chi connectivity index (χ4v) is 0.737. The summed E-state index contributed by atoms with van der Waals surface area (Å²) in [6.07, 6.45) is 0.139. The van der Waals surface area contributed by atoms with Gasteiger partial charge in [0.05, 0.1) is 6.10 Å². The standard InChI is InChI=1S/C7H12O4/c1-2-3-5(8)4-6(9)7(10)11/h5,8H,2-4H2,1H3,(H,10,11). The number of hydrogen-bond acceptors (Lipinski definition) is 3. The Bertz CT molecular complexity index is 153. The zero-order chi connectivity index (χ0) is 8.85. The predicted octanol–water partition coefficient (Wildman–Crippen LogP) is 0.191. The highest BCUT2D eigenvalue weighted by atomic mass is 16.4. The number of carbonyl (C=O) groups is 2. The maximum absolute atomic E-state index is 10.5. The molecule has 0 amide bonds. The molecule has 0 heterocycles. The molecule has 0 aliphatic rings. The summed E-state index contributed by atoms with van der Waals surface area (Å²) in [5, 5.41) is 17.1. The smallest absolute Gasteiger partial charge is 0.372 e. The van der Waals surface area contributed by atoms with Crippen LogP contribution in [0.25, 0.3) is 0 Å². The Morgan fingerprint density at radius 2 is 2.00 bits per heavy atom. The molecule has 0 spiro atoms. The molecule has 0 bridgehead atoms. The lowest BCUT2D eigenvalue weighted by Crippen LogP contribution is -2.19. The molecule has 0 aromatic carbocycles. The topological polar surface area (TPSA) is 74.6 Å². The molecule has 0 saturated carbocycles. The van der Waals surface area contributed by atoms with Gasteiger partial charge in [-0.15, -0.1) is 0 Å². The van der Waals surface area contributed by atoms with E-state index in [9.17, 15) is 9.59 Å². The molecule has 2 N–H and O–H groups in total. The van der Waals surface area contributed by atoms with Crippen molar-refractivity contribution >= 4 is 11.8 Å². The second-order valence-corrected chi connectivity index (χ2v) is 2.37. The van der Waals surface area contributed by atoms with Crippen LogP contribution in [0.2, 0.25) is 0 Å². The molecular weight excluding hydrogens is 148 g/mol. The van der Waals surface area contributed by atoms with E-state index in [4.69, 9.17) is 10.2 Å². The average molecular weight is 160 g/mol. The van der Waals surface area contributed by atoms with E-state index in [1.54, 1.807) is 0 Å². The largest absolute Gasteiger partial charge is 0.475 e. The molecule has 0 aliphatic heterocycles. The highest BCUT2D eigenvalue weighted by Gasteiger charge is 2.15. The first kappa shape index (κ1) is 10.1. The van der Waals surface area contributed by atoms with Crippen LogP contribution in [0, 0.1) is 0 Å². The Labute approximate surface area is 64.8 Å². The lowest BCUT2D eigenvalue weighted by molar-refractivity contribution is -0.150. The molecule has 11 heavy (non-hydrogen) atoms. The number of carboxylic acids is 1. The third-order valence-electron chi connectivity index (χ3n) is 1.28. The summed E-state index contributed by atoms with van der Waals surface area (Å²) in [5.74, 6) is -2.40. The van der Waals surface area contributed by atoms with E-state index >= 15 is 0 Å². The van der Waals surface area contributed by atoms with E-state index in [1.165, 1.54) is 0 Å². The van der Waals surface area contributed by atoms with Gasteiger partial charge >= 0.3 is 5.97 Å². The van der Waals surface area contributed by atoms with Crippen molar-refractivity contribution < 1.29 is 19.8 Å². The van der Waals surface area contributed by atoms with E-state index in [-0.39, 0.29) is 6.42 Å². The third kappa shape index (κ3) is 4.50. The van der Waals surface area contributed by atoms with Crippen LogP contribution in [-0.2, 0) is 9.59 Å². The van der Waals surface area contributed by atoms with Crippen LogP contribution < -0.4 is 0 Å². The van der Waals surface area contributed by atoms with Crippen molar-refractivity contribution in [3.05, 3.63) is 0 Å². The molecule has 0 rings (SSSR count). The fourth-order valence-electron chi connectivity index (χ4n) is 0.737. The van der Waals surface area contributed by atoms with E-state index < -0.39 is 17.9 Å². The Kier molecular flexibility index (Phi) is 4.45. The molecule has 0 aromatic rings. The number of aliphatic carboxylic acids is 1. The van der Waals surface area contributed by atoms with Crippen molar-refractivity contribution in [2.24, 2.45) is 0 Å². The quantitative estimate of drug-likeness (QED) is 0.563. The van der Waals surface area contributed by atoms with Gasteiger partial charge in [-0.2, -0.15) is 0 Å². The second kappa shape index (κ2) is 4.85. The summed E-state index contributed by atoms with van der Waals surface area (Å²) in [6, 6.07) is 0. The van der Waals surface area contributed by atoms with E-state index in [2.05, 4.69) is 0 Å². The number of carbonyl (C=O) groups excluding carboxylic acids is 1. The number of rotatable bonds is 5. The van der Waals surface area contributed by atoms with Crippen LogP contribution in [0.15, 0.2) is 0 Å². The van der Waals surface area contributed by atoms with E-state index in [0.29, 0.717) is 6.42 Å². The second-order valence-electron chi connectivity index (χ2n) is 2.37. The van der Waals surface area contributed by atoms with Gasteiger partial charge in [0.15, 0.2) is 0 Å². The van der Waals surface area contributed by atoms with Crippen molar-refractivity contribution in [1.29, 1.82) is 0 Å².